The molecule has 0 fully saturated rings. The largest absolute Gasteiger partial charge is 0.361 e. The lowest BCUT2D eigenvalue weighted by atomic mass is 10.1. The van der Waals surface area contributed by atoms with Gasteiger partial charge in [0.05, 0.1) is 5.52 Å². The molecule has 0 aliphatic carbocycles. The van der Waals surface area contributed by atoms with Crippen molar-refractivity contribution in [3.8, 4) is 0 Å². The fourth-order valence-electron chi connectivity index (χ4n) is 2.05. The van der Waals surface area contributed by atoms with Crippen molar-refractivity contribution in [3.05, 3.63) is 42.1 Å². The van der Waals surface area contributed by atoms with Gasteiger partial charge >= 0.3 is 0 Å². The molecule has 0 atom stereocenters. The number of hydrogen-bond acceptors (Lipinski definition) is 4. The molecule has 1 aromatic heterocycles. The van der Waals surface area contributed by atoms with Gasteiger partial charge < -0.3 is 5.32 Å². The van der Waals surface area contributed by atoms with E-state index in [2.05, 4.69) is 39.6 Å². The molecular formula is C14H15N3S. The molecular weight excluding hydrogens is 242 g/mol. The van der Waals surface area contributed by atoms with E-state index < -0.39 is 0 Å². The van der Waals surface area contributed by atoms with Crippen molar-refractivity contribution in [2.75, 3.05) is 12.3 Å². The molecule has 92 valence electrons. The zero-order valence-corrected chi connectivity index (χ0v) is 10.9. The molecule has 0 saturated carbocycles. The van der Waals surface area contributed by atoms with Gasteiger partial charge in [0.15, 0.2) is 5.17 Å². The summed E-state index contributed by atoms with van der Waals surface area (Å²) in [5.41, 5.74) is 2.30. The Bertz CT molecular complexity index is 575. The number of para-hydroxylation sites is 1. The van der Waals surface area contributed by atoms with Gasteiger partial charge in [-0.15, -0.1) is 0 Å². The van der Waals surface area contributed by atoms with Crippen LogP contribution >= 0.6 is 11.8 Å². The second-order valence-electron chi connectivity index (χ2n) is 4.23. The van der Waals surface area contributed by atoms with E-state index in [0.29, 0.717) is 0 Å². The molecule has 3 rings (SSSR count). The van der Waals surface area contributed by atoms with Gasteiger partial charge in [0.25, 0.3) is 0 Å². The maximum atomic E-state index is 4.47. The lowest BCUT2D eigenvalue weighted by molar-refractivity contribution is 0.883. The van der Waals surface area contributed by atoms with Crippen molar-refractivity contribution >= 4 is 27.8 Å². The Morgan fingerprint density at radius 2 is 2.17 bits per heavy atom. The summed E-state index contributed by atoms with van der Waals surface area (Å²) in [7, 11) is 0. The van der Waals surface area contributed by atoms with E-state index in [4.69, 9.17) is 0 Å². The van der Waals surface area contributed by atoms with Crippen molar-refractivity contribution in [2.45, 2.75) is 13.0 Å². The van der Waals surface area contributed by atoms with Gasteiger partial charge in [-0.1, -0.05) is 36.0 Å². The SMILES string of the molecule is c1cnc2c(CNC3=NCCCS3)cccc2c1. The quantitative estimate of drug-likeness (QED) is 0.899. The fraction of sp³-hybridized carbons (Fsp3) is 0.286. The number of benzene rings is 1. The summed E-state index contributed by atoms with van der Waals surface area (Å²) in [4.78, 5) is 8.93. The summed E-state index contributed by atoms with van der Waals surface area (Å²) in [6.07, 6.45) is 3.03. The van der Waals surface area contributed by atoms with Gasteiger partial charge in [-0.3, -0.25) is 9.98 Å². The molecule has 0 amide bonds. The second kappa shape index (κ2) is 5.40. The minimum atomic E-state index is 0.792. The molecule has 18 heavy (non-hydrogen) atoms. The van der Waals surface area contributed by atoms with Gasteiger partial charge in [0.2, 0.25) is 0 Å². The highest BCUT2D eigenvalue weighted by Crippen LogP contribution is 2.16. The van der Waals surface area contributed by atoms with E-state index in [1.807, 2.05) is 12.3 Å². The number of aliphatic imine (C=N–C) groups is 1. The van der Waals surface area contributed by atoms with Crippen molar-refractivity contribution in [1.82, 2.24) is 10.3 Å². The zero-order chi connectivity index (χ0) is 12.2. The van der Waals surface area contributed by atoms with Crippen LogP contribution in [0.15, 0.2) is 41.5 Å². The molecule has 1 aromatic carbocycles. The number of fused-ring (bicyclic) bond motifs is 1. The maximum absolute atomic E-state index is 4.47. The van der Waals surface area contributed by atoms with Gasteiger partial charge in [-0.25, -0.2) is 0 Å². The molecule has 0 bridgehead atoms. The van der Waals surface area contributed by atoms with E-state index in [0.717, 1.165) is 23.8 Å². The third kappa shape index (κ3) is 2.48. The summed E-state index contributed by atoms with van der Waals surface area (Å²) >= 11 is 1.81. The van der Waals surface area contributed by atoms with Crippen LogP contribution < -0.4 is 5.32 Å². The van der Waals surface area contributed by atoms with Gasteiger partial charge in [-0.05, 0) is 18.1 Å². The Balaban J connectivity index is 1.80. The van der Waals surface area contributed by atoms with Crippen molar-refractivity contribution in [1.29, 1.82) is 0 Å². The standard InChI is InChI=1S/C14H15N3S/c1-4-11-6-2-7-15-13(11)12(5-1)10-17-14-16-8-3-9-18-14/h1-2,4-7H,3,8-10H2,(H,16,17). The Morgan fingerprint density at radius 3 is 3.06 bits per heavy atom. The van der Waals surface area contributed by atoms with Gasteiger partial charge in [0.1, 0.15) is 0 Å². The van der Waals surface area contributed by atoms with Gasteiger partial charge in [0, 0.05) is 30.4 Å². The average Bonchev–Trinajstić information content (AvgIpc) is 2.46. The minimum absolute atomic E-state index is 0.792. The van der Waals surface area contributed by atoms with Crippen LogP contribution in [0.4, 0.5) is 0 Å². The number of nitrogens with zero attached hydrogens (tertiary/aromatic N) is 2. The predicted molar refractivity (Wildman–Crippen MR) is 78.0 cm³/mol. The van der Waals surface area contributed by atoms with Crippen LogP contribution in [0.2, 0.25) is 0 Å². The van der Waals surface area contributed by atoms with Crippen LogP contribution in [-0.2, 0) is 6.54 Å². The Hall–Kier alpha value is -1.55. The van der Waals surface area contributed by atoms with Crippen LogP contribution in [0.25, 0.3) is 10.9 Å². The normalized spacial score (nSPS) is 15.4. The molecule has 1 N–H and O–H groups in total. The molecule has 3 nitrogen and oxygen atoms in total. The first-order chi connectivity index (χ1) is 8.93. The highest BCUT2D eigenvalue weighted by Gasteiger charge is 2.06. The van der Waals surface area contributed by atoms with E-state index in [9.17, 15) is 0 Å². The number of aromatic nitrogens is 1. The second-order valence-corrected chi connectivity index (χ2v) is 5.32. The zero-order valence-electron chi connectivity index (χ0n) is 10.1. The highest BCUT2D eigenvalue weighted by molar-refractivity contribution is 8.13. The summed E-state index contributed by atoms with van der Waals surface area (Å²) in [5.74, 6) is 1.17. The molecule has 4 heteroatoms. The van der Waals surface area contributed by atoms with Crippen LogP contribution in [0.5, 0.6) is 0 Å². The third-order valence-electron chi connectivity index (χ3n) is 2.94. The number of amidine groups is 1. The number of pyridine rings is 1. The van der Waals surface area contributed by atoms with Crippen LogP contribution in [0.1, 0.15) is 12.0 Å². The van der Waals surface area contributed by atoms with Gasteiger partial charge in [-0.2, -0.15) is 0 Å². The highest BCUT2D eigenvalue weighted by atomic mass is 32.2. The van der Waals surface area contributed by atoms with Crippen LogP contribution in [0.3, 0.4) is 0 Å². The Kier molecular flexibility index (Phi) is 3.46. The first-order valence-corrected chi connectivity index (χ1v) is 7.16. The van der Waals surface area contributed by atoms with Crippen molar-refractivity contribution in [2.24, 2.45) is 4.99 Å². The maximum Gasteiger partial charge on any atom is 0.156 e. The van der Waals surface area contributed by atoms with E-state index in [-0.39, 0.29) is 0 Å². The summed E-state index contributed by atoms with van der Waals surface area (Å²) in [5, 5.41) is 5.66. The van der Waals surface area contributed by atoms with Crippen LogP contribution in [0, 0.1) is 0 Å². The van der Waals surface area contributed by atoms with E-state index >= 15 is 0 Å². The molecule has 0 spiro atoms. The van der Waals surface area contributed by atoms with Crippen molar-refractivity contribution in [3.63, 3.8) is 0 Å². The molecule has 1 aliphatic heterocycles. The summed E-state index contributed by atoms with van der Waals surface area (Å²) in [6.45, 7) is 1.74. The number of nitrogens with one attached hydrogen (secondary N) is 1. The number of thioether (sulfide) groups is 1. The molecule has 1 aliphatic rings. The molecule has 0 saturated heterocycles. The predicted octanol–water partition coefficient (Wildman–Crippen LogP) is 2.82. The number of rotatable bonds is 2. The minimum Gasteiger partial charge on any atom is -0.361 e. The van der Waals surface area contributed by atoms with Crippen LogP contribution in [-0.4, -0.2) is 22.4 Å². The Morgan fingerprint density at radius 1 is 1.22 bits per heavy atom. The average molecular weight is 257 g/mol. The van der Waals surface area contributed by atoms with E-state index in [1.54, 1.807) is 11.8 Å². The topological polar surface area (TPSA) is 37.3 Å². The molecule has 0 radical (unpaired) electrons. The first kappa shape index (κ1) is 11.5. The third-order valence-corrected chi connectivity index (χ3v) is 3.98. The number of hydrogen-bond donors (Lipinski definition) is 1. The monoisotopic (exact) mass is 257 g/mol. The Labute approximate surface area is 111 Å². The lowest BCUT2D eigenvalue weighted by Gasteiger charge is -2.13. The lowest BCUT2D eigenvalue weighted by Crippen LogP contribution is -2.23. The molecule has 2 heterocycles. The van der Waals surface area contributed by atoms with Crippen molar-refractivity contribution < 1.29 is 0 Å². The molecule has 2 aromatic rings. The molecule has 0 unspecified atom stereocenters. The fourth-order valence-corrected chi connectivity index (χ4v) is 2.87. The smallest absolute Gasteiger partial charge is 0.156 e. The first-order valence-electron chi connectivity index (χ1n) is 6.17. The van der Waals surface area contributed by atoms with E-state index in [1.165, 1.54) is 23.1 Å². The summed E-state index contributed by atoms with van der Waals surface area (Å²) < 4.78 is 0. The summed E-state index contributed by atoms with van der Waals surface area (Å²) in [6, 6.07) is 10.4.